The van der Waals surface area contributed by atoms with Crippen molar-refractivity contribution in [1.29, 1.82) is 0 Å². The van der Waals surface area contributed by atoms with Crippen molar-refractivity contribution in [2.75, 3.05) is 17.5 Å². The van der Waals surface area contributed by atoms with Crippen LogP contribution in [0.15, 0.2) is 24.3 Å². The van der Waals surface area contributed by atoms with E-state index < -0.39 is 15.4 Å². The maximum absolute atomic E-state index is 12.3. The highest BCUT2D eigenvalue weighted by molar-refractivity contribution is 7.92. The van der Waals surface area contributed by atoms with Gasteiger partial charge < -0.3 is 11.1 Å². The predicted octanol–water partition coefficient (Wildman–Crippen LogP) is 1.44. The molecule has 0 saturated carbocycles. The van der Waals surface area contributed by atoms with Crippen molar-refractivity contribution in [2.24, 2.45) is 11.1 Å². The van der Waals surface area contributed by atoms with Gasteiger partial charge in [0.2, 0.25) is 15.9 Å². The highest BCUT2D eigenvalue weighted by atomic mass is 32.2. The SMILES string of the molecule is CCC(CC)(CN)C(=O)NCc1ccc(NS(C)(=O)=O)cc1. The number of hydrogen-bond donors (Lipinski definition) is 3. The first-order chi connectivity index (χ1) is 10.3. The number of sulfonamides is 1. The second-order valence-electron chi connectivity index (χ2n) is 5.45. The average Bonchev–Trinajstić information content (AvgIpc) is 2.47. The van der Waals surface area contributed by atoms with E-state index in [1.165, 1.54) is 0 Å². The molecule has 0 aliphatic heterocycles. The summed E-state index contributed by atoms with van der Waals surface area (Å²) in [4.78, 5) is 12.3. The number of anilines is 1. The van der Waals surface area contributed by atoms with Crippen molar-refractivity contribution in [2.45, 2.75) is 33.2 Å². The Hall–Kier alpha value is -1.60. The normalized spacial score (nSPS) is 12.0. The third kappa shape index (κ3) is 4.99. The van der Waals surface area contributed by atoms with E-state index in [-0.39, 0.29) is 5.91 Å². The average molecular weight is 327 g/mol. The molecule has 0 spiro atoms. The van der Waals surface area contributed by atoms with Crippen LogP contribution >= 0.6 is 0 Å². The number of carbonyl (C=O) groups excluding carboxylic acids is 1. The van der Waals surface area contributed by atoms with E-state index in [2.05, 4.69) is 10.0 Å². The minimum absolute atomic E-state index is 0.0432. The van der Waals surface area contributed by atoms with Crippen molar-refractivity contribution in [3.05, 3.63) is 29.8 Å². The number of carbonyl (C=O) groups is 1. The minimum Gasteiger partial charge on any atom is -0.352 e. The van der Waals surface area contributed by atoms with E-state index in [4.69, 9.17) is 5.73 Å². The maximum Gasteiger partial charge on any atom is 0.229 e. The molecule has 0 saturated heterocycles. The van der Waals surface area contributed by atoms with Gasteiger partial charge in [0.25, 0.3) is 0 Å². The lowest BCUT2D eigenvalue weighted by molar-refractivity contribution is -0.131. The van der Waals surface area contributed by atoms with Crippen LogP contribution in [0.4, 0.5) is 5.69 Å². The Balaban J connectivity index is 2.67. The van der Waals surface area contributed by atoms with Crippen molar-refractivity contribution in [1.82, 2.24) is 5.32 Å². The van der Waals surface area contributed by atoms with Gasteiger partial charge in [-0.1, -0.05) is 26.0 Å². The van der Waals surface area contributed by atoms with Gasteiger partial charge in [0.15, 0.2) is 0 Å². The zero-order valence-corrected chi connectivity index (χ0v) is 14.2. The number of nitrogens with two attached hydrogens (primary N) is 1. The first-order valence-corrected chi connectivity index (χ1v) is 9.20. The maximum atomic E-state index is 12.3. The number of nitrogens with one attached hydrogen (secondary N) is 2. The van der Waals surface area contributed by atoms with E-state index in [0.717, 1.165) is 11.8 Å². The van der Waals surface area contributed by atoms with Gasteiger partial charge >= 0.3 is 0 Å². The molecule has 4 N–H and O–H groups in total. The van der Waals surface area contributed by atoms with Crippen LogP contribution in [-0.4, -0.2) is 27.1 Å². The summed E-state index contributed by atoms with van der Waals surface area (Å²) in [5.41, 5.74) is 6.63. The minimum atomic E-state index is -3.28. The summed E-state index contributed by atoms with van der Waals surface area (Å²) in [7, 11) is -3.28. The lowest BCUT2D eigenvalue weighted by Crippen LogP contribution is -2.45. The fourth-order valence-corrected chi connectivity index (χ4v) is 2.79. The molecule has 0 unspecified atom stereocenters. The Morgan fingerprint density at radius 2 is 1.73 bits per heavy atom. The third-order valence-electron chi connectivity index (χ3n) is 3.94. The predicted molar refractivity (Wildman–Crippen MR) is 88.8 cm³/mol. The van der Waals surface area contributed by atoms with Crippen LogP contribution in [0.2, 0.25) is 0 Å². The van der Waals surface area contributed by atoms with E-state index in [1.54, 1.807) is 24.3 Å². The third-order valence-corrected chi connectivity index (χ3v) is 4.54. The molecule has 0 atom stereocenters. The highest BCUT2D eigenvalue weighted by Crippen LogP contribution is 2.25. The van der Waals surface area contributed by atoms with E-state index >= 15 is 0 Å². The van der Waals surface area contributed by atoms with Gasteiger partial charge in [-0.3, -0.25) is 9.52 Å². The fourth-order valence-electron chi connectivity index (χ4n) is 2.23. The number of benzene rings is 1. The molecular weight excluding hydrogens is 302 g/mol. The lowest BCUT2D eigenvalue weighted by Gasteiger charge is -2.28. The molecule has 124 valence electrons. The molecule has 0 heterocycles. The summed E-state index contributed by atoms with van der Waals surface area (Å²) in [5, 5.41) is 2.90. The van der Waals surface area contributed by atoms with Crippen molar-refractivity contribution >= 4 is 21.6 Å². The molecule has 0 bridgehead atoms. The van der Waals surface area contributed by atoms with Gasteiger partial charge in [-0.25, -0.2) is 8.42 Å². The van der Waals surface area contributed by atoms with E-state index in [9.17, 15) is 13.2 Å². The zero-order chi connectivity index (χ0) is 16.8. The highest BCUT2D eigenvalue weighted by Gasteiger charge is 2.32. The summed E-state index contributed by atoms with van der Waals surface area (Å²) in [6.07, 6.45) is 2.50. The molecule has 0 radical (unpaired) electrons. The first kappa shape index (κ1) is 18.4. The lowest BCUT2D eigenvalue weighted by atomic mass is 9.81. The quantitative estimate of drug-likeness (QED) is 0.672. The molecule has 1 aromatic carbocycles. The monoisotopic (exact) mass is 327 g/mol. The summed E-state index contributed by atoms with van der Waals surface area (Å²) >= 11 is 0. The van der Waals surface area contributed by atoms with Gasteiger partial charge in [0.1, 0.15) is 0 Å². The van der Waals surface area contributed by atoms with Gasteiger partial charge in [-0.05, 0) is 30.5 Å². The fraction of sp³-hybridized carbons (Fsp3) is 0.533. The topological polar surface area (TPSA) is 101 Å². The molecule has 22 heavy (non-hydrogen) atoms. The zero-order valence-electron chi connectivity index (χ0n) is 13.3. The van der Waals surface area contributed by atoms with Gasteiger partial charge in [-0.2, -0.15) is 0 Å². The van der Waals surface area contributed by atoms with Crippen LogP contribution in [0, 0.1) is 5.41 Å². The Labute approximate surface area is 132 Å². The molecule has 1 rings (SSSR count). The Morgan fingerprint density at radius 1 is 1.18 bits per heavy atom. The molecular formula is C15H25N3O3S. The van der Waals surface area contributed by atoms with Gasteiger partial charge in [0, 0.05) is 18.8 Å². The second kappa shape index (κ2) is 7.60. The first-order valence-electron chi connectivity index (χ1n) is 7.31. The molecule has 1 amide bonds. The van der Waals surface area contributed by atoms with Crippen molar-refractivity contribution < 1.29 is 13.2 Å². The Kier molecular flexibility index (Phi) is 6.37. The van der Waals surface area contributed by atoms with Crippen LogP contribution in [0.25, 0.3) is 0 Å². The van der Waals surface area contributed by atoms with Gasteiger partial charge in [-0.15, -0.1) is 0 Å². The molecule has 1 aromatic rings. The van der Waals surface area contributed by atoms with Crippen LogP contribution < -0.4 is 15.8 Å². The summed E-state index contributed by atoms with van der Waals surface area (Å²) in [6, 6.07) is 6.88. The smallest absolute Gasteiger partial charge is 0.229 e. The van der Waals surface area contributed by atoms with E-state index in [1.807, 2.05) is 13.8 Å². The summed E-state index contributed by atoms with van der Waals surface area (Å²) < 4.78 is 24.7. The standard InChI is InChI=1S/C15H25N3O3S/c1-4-15(5-2,11-16)14(19)17-10-12-6-8-13(9-7-12)18-22(3,20)21/h6-9,18H,4-5,10-11,16H2,1-3H3,(H,17,19). The largest absolute Gasteiger partial charge is 0.352 e. The molecule has 0 aliphatic rings. The van der Waals surface area contributed by atoms with Crippen molar-refractivity contribution in [3.8, 4) is 0 Å². The second-order valence-corrected chi connectivity index (χ2v) is 7.19. The molecule has 0 aliphatic carbocycles. The van der Waals surface area contributed by atoms with E-state index in [0.29, 0.717) is 31.6 Å². The van der Waals surface area contributed by atoms with Crippen LogP contribution in [0.5, 0.6) is 0 Å². The Morgan fingerprint density at radius 3 is 2.14 bits per heavy atom. The molecule has 0 aromatic heterocycles. The number of rotatable bonds is 8. The van der Waals surface area contributed by atoms with Crippen LogP contribution in [0.3, 0.4) is 0 Å². The summed E-state index contributed by atoms with van der Waals surface area (Å²) in [6.45, 7) is 4.63. The Bertz CT molecular complexity index is 585. The van der Waals surface area contributed by atoms with Crippen LogP contribution in [-0.2, 0) is 21.4 Å². The van der Waals surface area contributed by atoms with Gasteiger partial charge in [0.05, 0.1) is 11.7 Å². The number of hydrogen-bond acceptors (Lipinski definition) is 4. The molecule has 0 fully saturated rings. The molecule has 6 nitrogen and oxygen atoms in total. The van der Waals surface area contributed by atoms with Crippen molar-refractivity contribution in [3.63, 3.8) is 0 Å². The summed E-state index contributed by atoms with van der Waals surface area (Å²) in [5.74, 6) is -0.0432. The molecule has 7 heteroatoms. The van der Waals surface area contributed by atoms with Crippen LogP contribution in [0.1, 0.15) is 32.3 Å². The number of amides is 1.